The minimum atomic E-state index is 0. The van der Waals surface area contributed by atoms with E-state index in [4.69, 9.17) is 21.4 Å². The number of hydrogen-bond acceptors (Lipinski definition) is 3. The highest BCUT2D eigenvalue weighted by Crippen LogP contribution is 2.22. The average Bonchev–Trinajstić information content (AvgIpc) is 2.19. The number of methoxy groups -OCH3 is 1. The number of nitrogens with one attached hydrogen (secondary N) is 1. The molecule has 1 aromatic carbocycles. The van der Waals surface area contributed by atoms with E-state index in [0.717, 1.165) is 11.3 Å². The van der Waals surface area contributed by atoms with Gasteiger partial charge in [0.05, 0.1) is 13.7 Å². The van der Waals surface area contributed by atoms with Crippen LogP contribution in [0.4, 0.5) is 0 Å². The molecule has 3 nitrogen and oxygen atoms in total. The topological polar surface area (TPSA) is 41.5 Å². The minimum Gasteiger partial charge on any atom is -1.00 e. The summed E-state index contributed by atoms with van der Waals surface area (Å²) in [7, 11) is 1.62. The van der Waals surface area contributed by atoms with Gasteiger partial charge in [0.1, 0.15) is 5.75 Å². The summed E-state index contributed by atoms with van der Waals surface area (Å²) in [6, 6.07) is 5.47. The molecular formula is C10H14Cl2NO2-. The molecule has 1 rings (SSSR count). The molecular weight excluding hydrogens is 237 g/mol. The van der Waals surface area contributed by atoms with Gasteiger partial charge in [-0.15, -0.1) is 0 Å². The Labute approximate surface area is 101 Å². The predicted octanol–water partition coefficient (Wildman–Crippen LogP) is -1.57. The van der Waals surface area contributed by atoms with Crippen molar-refractivity contribution >= 4 is 11.6 Å². The van der Waals surface area contributed by atoms with E-state index in [0.29, 0.717) is 18.1 Å². The van der Waals surface area contributed by atoms with Gasteiger partial charge in [-0.1, -0.05) is 11.6 Å². The highest BCUT2D eigenvalue weighted by Gasteiger charge is 2.02. The third kappa shape index (κ3) is 4.71. The maximum atomic E-state index is 8.61. The molecule has 0 saturated heterocycles. The number of aliphatic hydroxyl groups is 1. The second-order valence-electron chi connectivity index (χ2n) is 2.86. The molecule has 86 valence electrons. The number of halogens is 2. The summed E-state index contributed by atoms with van der Waals surface area (Å²) in [5.74, 6) is 0.805. The fourth-order valence-electron chi connectivity index (χ4n) is 1.19. The smallest absolute Gasteiger partial charge is 0.123 e. The summed E-state index contributed by atoms with van der Waals surface area (Å²) < 4.78 is 5.17. The molecule has 0 heterocycles. The lowest BCUT2D eigenvalue weighted by atomic mass is 10.2. The summed E-state index contributed by atoms with van der Waals surface area (Å²) in [4.78, 5) is 0. The molecule has 5 heteroatoms. The van der Waals surface area contributed by atoms with Crippen LogP contribution in [-0.2, 0) is 6.54 Å². The monoisotopic (exact) mass is 250 g/mol. The van der Waals surface area contributed by atoms with Gasteiger partial charge < -0.3 is 27.6 Å². The van der Waals surface area contributed by atoms with Crippen LogP contribution in [0.2, 0.25) is 5.02 Å². The van der Waals surface area contributed by atoms with Crippen molar-refractivity contribution in [1.29, 1.82) is 0 Å². The second-order valence-corrected chi connectivity index (χ2v) is 3.29. The molecule has 0 bridgehead atoms. The van der Waals surface area contributed by atoms with Crippen LogP contribution in [0.15, 0.2) is 18.2 Å². The van der Waals surface area contributed by atoms with E-state index < -0.39 is 0 Å². The lowest BCUT2D eigenvalue weighted by Gasteiger charge is -2.09. The molecule has 1 aromatic rings. The largest absolute Gasteiger partial charge is 1.00 e. The molecule has 0 aromatic heterocycles. The Bertz CT molecular complexity index is 295. The standard InChI is InChI=1S/C10H14ClNO2.ClH/c1-14-10-3-2-9(11)6-8(10)7-12-4-5-13;/h2-3,6,12-13H,4-5,7H2,1H3;1H/p-1. The Morgan fingerprint density at radius 2 is 2.20 bits per heavy atom. The minimum absolute atomic E-state index is 0. The van der Waals surface area contributed by atoms with E-state index >= 15 is 0 Å². The maximum Gasteiger partial charge on any atom is 0.123 e. The zero-order chi connectivity index (χ0) is 10.4. The van der Waals surface area contributed by atoms with Crippen LogP contribution in [-0.4, -0.2) is 25.4 Å². The second kappa shape index (κ2) is 7.77. The molecule has 0 unspecified atom stereocenters. The Hall–Kier alpha value is -0.480. The van der Waals surface area contributed by atoms with E-state index in [1.807, 2.05) is 12.1 Å². The molecule has 0 spiro atoms. The lowest BCUT2D eigenvalue weighted by Crippen LogP contribution is -3.00. The van der Waals surface area contributed by atoms with Gasteiger partial charge in [0, 0.05) is 23.7 Å². The highest BCUT2D eigenvalue weighted by molar-refractivity contribution is 6.30. The molecule has 0 amide bonds. The molecule has 0 atom stereocenters. The average molecular weight is 251 g/mol. The van der Waals surface area contributed by atoms with Crippen molar-refractivity contribution in [3.8, 4) is 5.75 Å². The van der Waals surface area contributed by atoms with Gasteiger partial charge in [-0.05, 0) is 18.2 Å². The van der Waals surface area contributed by atoms with E-state index in [1.165, 1.54) is 0 Å². The predicted molar refractivity (Wildman–Crippen MR) is 56.8 cm³/mol. The Morgan fingerprint density at radius 3 is 2.80 bits per heavy atom. The molecule has 15 heavy (non-hydrogen) atoms. The van der Waals surface area contributed by atoms with Crippen molar-refractivity contribution in [2.24, 2.45) is 0 Å². The molecule has 0 aliphatic heterocycles. The van der Waals surface area contributed by atoms with Crippen molar-refractivity contribution in [3.63, 3.8) is 0 Å². The van der Waals surface area contributed by atoms with Gasteiger partial charge >= 0.3 is 0 Å². The van der Waals surface area contributed by atoms with Crippen LogP contribution in [0.1, 0.15) is 5.56 Å². The summed E-state index contributed by atoms with van der Waals surface area (Å²) in [5.41, 5.74) is 0.994. The molecule has 0 fully saturated rings. The van der Waals surface area contributed by atoms with Crippen molar-refractivity contribution in [3.05, 3.63) is 28.8 Å². The van der Waals surface area contributed by atoms with Crippen LogP contribution in [0.3, 0.4) is 0 Å². The first-order chi connectivity index (χ1) is 6.77. The van der Waals surface area contributed by atoms with Gasteiger partial charge in [-0.3, -0.25) is 0 Å². The number of benzene rings is 1. The number of aliphatic hydroxyl groups excluding tert-OH is 1. The number of hydrogen-bond donors (Lipinski definition) is 2. The quantitative estimate of drug-likeness (QED) is 0.622. The first-order valence-electron chi connectivity index (χ1n) is 4.42. The van der Waals surface area contributed by atoms with Crippen molar-refractivity contribution < 1.29 is 22.3 Å². The van der Waals surface area contributed by atoms with Gasteiger partial charge in [-0.25, -0.2) is 0 Å². The van der Waals surface area contributed by atoms with Crippen molar-refractivity contribution in [2.45, 2.75) is 6.54 Å². The molecule has 0 aliphatic carbocycles. The third-order valence-electron chi connectivity index (χ3n) is 1.85. The van der Waals surface area contributed by atoms with Crippen LogP contribution in [0.5, 0.6) is 5.75 Å². The molecule has 2 N–H and O–H groups in total. The van der Waals surface area contributed by atoms with E-state index in [-0.39, 0.29) is 19.0 Å². The Morgan fingerprint density at radius 1 is 1.47 bits per heavy atom. The number of rotatable bonds is 5. The van der Waals surface area contributed by atoms with Crippen LogP contribution in [0, 0.1) is 0 Å². The van der Waals surface area contributed by atoms with Gasteiger partial charge in [0.2, 0.25) is 0 Å². The van der Waals surface area contributed by atoms with E-state index in [1.54, 1.807) is 13.2 Å². The van der Waals surface area contributed by atoms with E-state index in [2.05, 4.69) is 5.32 Å². The van der Waals surface area contributed by atoms with Crippen LogP contribution >= 0.6 is 11.6 Å². The fourth-order valence-corrected chi connectivity index (χ4v) is 1.38. The summed E-state index contributed by atoms with van der Waals surface area (Å²) >= 11 is 5.85. The number of ether oxygens (including phenoxy) is 1. The SMILES string of the molecule is COc1ccc(Cl)cc1CNCCO.[Cl-]. The van der Waals surface area contributed by atoms with Crippen LogP contribution in [0.25, 0.3) is 0 Å². The first-order valence-corrected chi connectivity index (χ1v) is 4.79. The molecule has 0 aliphatic rings. The molecule has 0 radical (unpaired) electrons. The van der Waals surface area contributed by atoms with E-state index in [9.17, 15) is 0 Å². The van der Waals surface area contributed by atoms with Crippen LogP contribution < -0.4 is 22.5 Å². The lowest BCUT2D eigenvalue weighted by molar-refractivity contribution is -0.00000417. The zero-order valence-electron chi connectivity index (χ0n) is 8.46. The zero-order valence-corrected chi connectivity index (χ0v) is 9.98. The summed E-state index contributed by atoms with van der Waals surface area (Å²) in [6.07, 6.45) is 0. The van der Waals surface area contributed by atoms with Crippen molar-refractivity contribution in [2.75, 3.05) is 20.3 Å². The molecule has 0 saturated carbocycles. The third-order valence-corrected chi connectivity index (χ3v) is 2.08. The highest BCUT2D eigenvalue weighted by atomic mass is 35.5. The summed E-state index contributed by atoms with van der Waals surface area (Å²) in [6.45, 7) is 1.34. The van der Waals surface area contributed by atoms with Gasteiger partial charge in [0.15, 0.2) is 0 Å². The van der Waals surface area contributed by atoms with Gasteiger partial charge in [0.25, 0.3) is 0 Å². The maximum absolute atomic E-state index is 8.61. The Balaban J connectivity index is 0.00000196. The Kier molecular flexibility index (Phi) is 7.52. The summed E-state index contributed by atoms with van der Waals surface area (Å²) in [5, 5.41) is 12.4. The normalized spacial score (nSPS) is 9.53. The van der Waals surface area contributed by atoms with Gasteiger partial charge in [-0.2, -0.15) is 0 Å². The first kappa shape index (κ1) is 14.5. The fraction of sp³-hybridized carbons (Fsp3) is 0.400. The van der Waals surface area contributed by atoms with Crippen molar-refractivity contribution in [1.82, 2.24) is 5.32 Å².